The Hall–Kier alpha value is -2.99. The van der Waals surface area contributed by atoms with Gasteiger partial charge in [0.2, 0.25) is 0 Å². The van der Waals surface area contributed by atoms with Crippen molar-refractivity contribution in [2.45, 2.75) is 12.6 Å². The van der Waals surface area contributed by atoms with E-state index in [-0.39, 0.29) is 17.8 Å². The van der Waals surface area contributed by atoms with E-state index in [0.29, 0.717) is 30.5 Å². The van der Waals surface area contributed by atoms with Gasteiger partial charge < -0.3 is 10.2 Å². The standard InChI is InChI=1S/C23H23FN4O/c24-20-7-2-5-17(11-20)22-21-13-25-12-19(21)15-28(22)23(29)18-6-1-4-16(10-18)14-27-9-3-8-26-27/h1-11,19,21-22,25H,12-15H2/t19-,21-,22-/m0/s1. The fraction of sp³-hybridized carbons (Fsp3) is 0.304. The van der Waals surface area contributed by atoms with E-state index < -0.39 is 0 Å². The lowest BCUT2D eigenvalue weighted by atomic mass is 9.89. The van der Waals surface area contributed by atoms with Gasteiger partial charge in [-0.1, -0.05) is 24.3 Å². The van der Waals surface area contributed by atoms with Crippen LogP contribution in [0.15, 0.2) is 67.0 Å². The summed E-state index contributed by atoms with van der Waals surface area (Å²) < 4.78 is 15.8. The molecule has 2 saturated heterocycles. The van der Waals surface area contributed by atoms with E-state index >= 15 is 0 Å². The van der Waals surface area contributed by atoms with Crippen LogP contribution in [0.4, 0.5) is 4.39 Å². The van der Waals surface area contributed by atoms with Crippen LogP contribution < -0.4 is 5.32 Å². The first-order chi connectivity index (χ1) is 14.2. The highest BCUT2D eigenvalue weighted by Gasteiger charge is 2.46. The summed E-state index contributed by atoms with van der Waals surface area (Å²) >= 11 is 0. The van der Waals surface area contributed by atoms with E-state index in [1.807, 2.05) is 52.2 Å². The number of nitrogens with zero attached hydrogens (tertiary/aromatic N) is 3. The van der Waals surface area contributed by atoms with Gasteiger partial charge in [0.15, 0.2) is 0 Å². The van der Waals surface area contributed by atoms with Gasteiger partial charge in [-0.3, -0.25) is 9.48 Å². The molecule has 1 amide bonds. The molecule has 3 heterocycles. The van der Waals surface area contributed by atoms with Crippen molar-refractivity contribution in [1.29, 1.82) is 0 Å². The van der Waals surface area contributed by atoms with Gasteiger partial charge in [0, 0.05) is 43.5 Å². The van der Waals surface area contributed by atoms with Crippen molar-refractivity contribution in [2.24, 2.45) is 11.8 Å². The van der Waals surface area contributed by atoms with Crippen molar-refractivity contribution in [3.8, 4) is 0 Å². The number of halogens is 1. The number of benzene rings is 2. The maximum absolute atomic E-state index is 13.9. The molecule has 0 radical (unpaired) electrons. The van der Waals surface area contributed by atoms with Gasteiger partial charge in [0.25, 0.3) is 5.91 Å². The Morgan fingerprint density at radius 2 is 2.03 bits per heavy atom. The van der Waals surface area contributed by atoms with E-state index in [0.717, 1.165) is 24.2 Å². The molecule has 0 saturated carbocycles. The first-order valence-electron chi connectivity index (χ1n) is 10.0. The molecule has 2 aliphatic rings. The fourth-order valence-corrected chi connectivity index (χ4v) is 4.80. The van der Waals surface area contributed by atoms with Crippen LogP contribution in [0.25, 0.3) is 0 Å². The molecule has 3 aromatic rings. The van der Waals surface area contributed by atoms with E-state index in [9.17, 15) is 9.18 Å². The van der Waals surface area contributed by atoms with Crippen LogP contribution in [0.5, 0.6) is 0 Å². The summed E-state index contributed by atoms with van der Waals surface area (Å²) in [5.41, 5.74) is 2.58. The lowest BCUT2D eigenvalue weighted by molar-refractivity contribution is 0.0713. The van der Waals surface area contributed by atoms with Gasteiger partial charge >= 0.3 is 0 Å². The predicted molar refractivity (Wildman–Crippen MR) is 108 cm³/mol. The number of amides is 1. The first-order valence-corrected chi connectivity index (χ1v) is 10.0. The van der Waals surface area contributed by atoms with Gasteiger partial charge in [0.05, 0.1) is 12.6 Å². The van der Waals surface area contributed by atoms with Crippen molar-refractivity contribution in [2.75, 3.05) is 19.6 Å². The van der Waals surface area contributed by atoms with Crippen LogP contribution in [-0.4, -0.2) is 40.2 Å². The Balaban J connectivity index is 1.45. The Labute approximate surface area is 169 Å². The minimum Gasteiger partial charge on any atom is -0.331 e. The second-order valence-corrected chi connectivity index (χ2v) is 7.94. The average molecular weight is 390 g/mol. The summed E-state index contributed by atoms with van der Waals surface area (Å²) in [6.07, 6.45) is 3.65. The normalized spacial score (nSPS) is 23.3. The molecule has 148 valence electrons. The highest BCUT2D eigenvalue weighted by atomic mass is 19.1. The molecule has 1 aromatic heterocycles. The van der Waals surface area contributed by atoms with Crippen LogP contribution in [0.3, 0.4) is 0 Å². The van der Waals surface area contributed by atoms with Crippen molar-refractivity contribution in [3.05, 3.63) is 89.5 Å². The monoisotopic (exact) mass is 390 g/mol. The second-order valence-electron chi connectivity index (χ2n) is 7.94. The number of rotatable bonds is 4. The first kappa shape index (κ1) is 18.1. The third kappa shape index (κ3) is 3.44. The number of likely N-dealkylation sites (tertiary alicyclic amines) is 1. The summed E-state index contributed by atoms with van der Waals surface area (Å²) in [5, 5.41) is 7.67. The summed E-state index contributed by atoms with van der Waals surface area (Å²) in [7, 11) is 0. The Kier molecular flexibility index (Phi) is 4.64. The number of hydrogen-bond acceptors (Lipinski definition) is 3. The van der Waals surface area contributed by atoms with Crippen molar-refractivity contribution >= 4 is 5.91 Å². The maximum Gasteiger partial charge on any atom is 0.254 e. The van der Waals surface area contributed by atoms with Gasteiger partial charge in [-0.15, -0.1) is 0 Å². The lowest BCUT2D eigenvalue weighted by Gasteiger charge is -2.28. The van der Waals surface area contributed by atoms with Crippen LogP contribution in [-0.2, 0) is 6.54 Å². The molecule has 0 unspecified atom stereocenters. The van der Waals surface area contributed by atoms with Crippen molar-refractivity contribution in [1.82, 2.24) is 20.0 Å². The van der Waals surface area contributed by atoms with E-state index in [2.05, 4.69) is 10.4 Å². The molecule has 6 heteroatoms. The van der Waals surface area contributed by atoms with Crippen LogP contribution >= 0.6 is 0 Å². The minimum atomic E-state index is -0.259. The second kappa shape index (κ2) is 7.44. The predicted octanol–water partition coefficient (Wildman–Crippen LogP) is 3.10. The van der Waals surface area contributed by atoms with Gasteiger partial charge in [-0.2, -0.15) is 5.10 Å². The highest BCUT2D eigenvalue weighted by molar-refractivity contribution is 5.95. The molecule has 5 nitrogen and oxygen atoms in total. The zero-order valence-electron chi connectivity index (χ0n) is 16.0. The molecule has 3 atom stereocenters. The van der Waals surface area contributed by atoms with Gasteiger partial charge in [-0.05, 0) is 47.4 Å². The van der Waals surface area contributed by atoms with E-state index in [1.165, 1.54) is 6.07 Å². The van der Waals surface area contributed by atoms with Gasteiger partial charge in [-0.25, -0.2) is 4.39 Å². The Morgan fingerprint density at radius 3 is 2.86 bits per heavy atom. The molecule has 29 heavy (non-hydrogen) atoms. The summed E-state index contributed by atoms with van der Waals surface area (Å²) in [6.45, 7) is 3.08. The van der Waals surface area contributed by atoms with Crippen molar-refractivity contribution in [3.63, 3.8) is 0 Å². The summed E-state index contributed by atoms with van der Waals surface area (Å²) in [6, 6.07) is 16.2. The third-order valence-electron chi connectivity index (χ3n) is 6.09. The van der Waals surface area contributed by atoms with Crippen LogP contribution in [0, 0.1) is 17.7 Å². The topological polar surface area (TPSA) is 50.2 Å². The molecule has 5 rings (SSSR count). The Morgan fingerprint density at radius 1 is 1.14 bits per heavy atom. The highest BCUT2D eigenvalue weighted by Crippen LogP contribution is 2.43. The average Bonchev–Trinajstić information content (AvgIpc) is 3.45. The largest absolute Gasteiger partial charge is 0.331 e. The zero-order chi connectivity index (χ0) is 19.8. The fourth-order valence-electron chi connectivity index (χ4n) is 4.80. The quantitative estimate of drug-likeness (QED) is 0.745. The molecule has 2 aliphatic heterocycles. The van der Waals surface area contributed by atoms with Crippen LogP contribution in [0.2, 0.25) is 0 Å². The molecule has 1 N–H and O–H groups in total. The molecule has 0 bridgehead atoms. The van der Waals surface area contributed by atoms with Gasteiger partial charge in [0.1, 0.15) is 5.82 Å². The molecule has 2 fully saturated rings. The number of nitrogens with one attached hydrogen (secondary N) is 1. The summed E-state index contributed by atoms with van der Waals surface area (Å²) in [5.74, 6) is 0.467. The molecule has 0 spiro atoms. The molecular formula is C23H23FN4O. The maximum atomic E-state index is 13.9. The zero-order valence-corrected chi connectivity index (χ0v) is 16.0. The van der Waals surface area contributed by atoms with Crippen molar-refractivity contribution < 1.29 is 9.18 Å². The number of aromatic nitrogens is 2. The third-order valence-corrected chi connectivity index (χ3v) is 6.09. The SMILES string of the molecule is O=C(c1cccc(Cn2cccn2)c1)N1C[C@@H]2CNC[C@@H]2[C@@H]1c1cccc(F)c1. The Bertz CT molecular complexity index is 1020. The van der Waals surface area contributed by atoms with E-state index in [1.54, 1.807) is 18.3 Å². The summed E-state index contributed by atoms with van der Waals surface area (Å²) in [4.78, 5) is 15.4. The lowest BCUT2D eigenvalue weighted by Crippen LogP contribution is -2.34. The number of hydrogen-bond donors (Lipinski definition) is 1. The van der Waals surface area contributed by atoms with E-state index in [4.69, 9.17) is 0 Å². The number of carbonyl (C=O) groups excluding carboxylic acids is 1. The molecule has 0 aliphatic carbocycles. The number of carbonyl (C=O) groups is 1. The minimum absolute atomic E-state index is 0.0102. The smallest absolute Gasteiger partial charge is 0.254 e. The van der Waals surface area contributed by atoms with Crippen LogP contribution in [0.1, 0.15) is 27.5 Å². The molecule has 2 aromatic carbocycles. The molecular weight excluding hydrogens is 367 g/mol. The number of fused-ring (bicyclic) bond motifs is 1.